The third-order valence-corrected chi connectivity index (χ3v) is 7.62. The summed E-state index contributed by atoms with van der Waals surface area (Å²) in [6, 6.07) is 12.7. The van der Waals surface area contributed by atoms with Crippen LogP contribution in [0.2, 0.25) is 5.15 Å². The van der Waals surface area contributed by atoms with Crippen molar-refractivity contribution in [2.75, 3.05) is 5.73 Å². The van der Waals surface area contributed by atoms with Gasteiger partial charge in [-0.15, -0.1) is 0 Å². The van der Waals surface area contributed by atoms with Crippen LogP contribution in [0.5, 0.6) is 0 Å². The van der Waals surface area contributed by atoms with Crippen molar-refractivity contribution in [2.24, 2.45) is 0 Å². The summed E-state index contributed by atoms with van der Waals surface area (Å²) in [5.74, 6) is 0.392. The monoisotopic (exact) mass is 797 g/mol. The minimum atomic E-state index is -0.428. The lowest BCUT2D eigenvalue weighted by atomic mass is 10.3. The lowest BCUT2D eigenvalue weighted by molar-refractivity contribution is -0.385. The number of aromatic nitrogens is 6. The predicted octanol–water partition coefficient (Wildman–Crippen LogP) is 6.74. The fraction of sp³-hybridized carbons (Fsp3) is 0.0400. The zero-order valence-corrected chi connectivity index (χ0v) is 24.9. The molecule has 4 heterocycles. The normalized spacial score (nSPS) is 10.6. The van der Waals surface area contributed by atoms with Crippen LogP contribution in [0.4, 0.5) is 17.2 Å². The Morgan fingerprint density at radius 1 is 0.756 bits per heavy atom. The summed E-state index contributed by atoms with van der Waals surface area (Å²) in [7, 11) is 0. The smallest absolute Gasteiger partial charge is 0.271 e. The molecular weight excluding hydrogens is 780 g/mol. The molecule has 6 aromatic rings. The number of nitro groups is 2. The Hall–Kier alpha value is -3.97. The Labute approximate surface area is 264 Å². The first-order valence-corrected chi connectivity index (χ1v) is 13.6. The number of nitrogen functional groups attached to an aromatic ring is 1. The number of anilines is 1. The van der Waals surface area contributed by atoms with Crippen molar-refractivity contribution < 1.29 is 9.85 Å². The second-order valence-electron chi connectivity index (χ2n) is 8.07. The van der Waals surface area contributed by atoms with E-state index in [1.54, 1.807) is 33.4 Å². The number of fused-ring (bicyclic) bond motifs is 2. The quantitative estimate of drug-likeness (QED) is 0.0878. The first kappa shape index (κ1) is 30.0. The number of nitrogens with two attached hydrogens (primary N) is 1. The SMILES string of the molecule is C.Nc1ncnc2c1c(I)cn2-c1cccc([N+](=O)[O-])c1.O=[N+]([O-])c1cccc(-n2cc(I)c3c(Cl)ncnc32)c1. The van der Waals surface area contributed by atoms with Crippen molar-refractivity contribution in [2.45, 2.75) is 7.43 Å². The molecule has 2 N–H and O–H groups in total. The standard InChI is InChI=1S/C12H6ClIN4O2.C12H8IN5O2.CH4/c13-11-10-9(14)5-17(12(10)16-6-15-11)7-2-1-3-8(4-7)18(19)20;13-9-5-17(12-10(9)11(14)15-6-16-12)7-2-1-3-8(4-7)18(19)20;/h1-6H;1-6H,(H2,14,15,16);1H4. The maximum Gasteiger partial charge on any atom is 0.271 e. The highest BCUT2D eigenvalue weighted by molar-refractivity contribution is 14.1. The van der Waals surface area contributed by atoms with E-state index in [1.165, 1.54) is 36.9 Å². The van der Waals surface area contributed by atoms with Crippen LogP contribution in [0.25, 0.3) is 33.4 Å². The number of nitrogens with zero attached hydrogens (tertiary/aromatic N) is 8. The molecule has 41 heavy (non-hydrogen) atoms. The van der Waals surface area contributed by atoms with Crippen LogP contribution in [0.15, 0.2) is 73.6 Å². The van der Waals surface area contributed by atoms with Gasteiger partial charge in [0, 0.05) is 43.8 Å². The van der Waals surface area contributed by atoms with Crippen molar-refractivity contribution >= 4 is 96.0 Å². The van der Waals surface area contributed by atoms with Gasteiger partial charge >= 0.3 is 0 Å². The lowest BCUT2D eigenvalue weighted by Crippen LogP contribution is -1.97. The fourth-order valence-corrected chi connectivity index (χ4v) is 5.89. The van der Waals surface area contributed by atoms with E-state index in [0.29, 0.717) is 33.6 Å². The Bertz CT molecular complexity index is 1800. The molecular formula is C25H18ClI2N9O4. The van der Waals surface area contributed by atoms with Gasteiger partial charge in [-0.05, 0) is 57.3 Å². The van der Waals surface area contributed by atoms with Gasteiger partial charge in [-0.3, -0.25) is 29.4 Å². The molecule has 0 radical (unpaired) electrons. The molecule has 0 unspecified atom stereocenters. The Morgan fingerprint density at radius 2 is 1.22 bits per heavy atom. The average molecular weight is 798 g/mol. The highest BCUT2D eigenvalue weighted by Crippen LogP contribution is 2.30. The van der Waals surface area contributed by atoms with Crippen molar-refractivity contribution in [3.05, 3.63) is 106 Å². The molecule has 6 rings (SSSR count). The molecule has 4 aromatic heterocycles. The second kappa shape index (κ2) is 12.3. The van der Waals surface area contributed by atoms with Crippen molar-refractivity contribution in [1.82, 2.24) is 29.1 Å². The van der Waals surface area contributed by atoms with E-state index in [1.807, 2.05) is 12.4 Å². The van der Waals surface area contributed by atoms with E-state index in [4.69, 9.17) is 17.3 Å². The molecule has 13 nitrogen and oxygen atoms in total. The molecule has 208 valence electrons. The van der Waals surface area contributed by atoms with E-state index in [0.717, 1.165) is 17.9 Å². The van der Waals surface area contributed by atoms with E-state index in [9.17, 15) is 20.2 Å². The van der Waals surface area contributed by atoms with Crippen LogP contribution < -0.4 is 5.73 Å². The lowest BCUT2D eigenvalue weighted by Gasteiger charge is -2.04. The molecule has 0 amide bonds. The minimum Gasteiger partial charge on any atom is -0.383 e. The van der Waals surface area contributed by atoms with Crippen LogP contribution >= 0.6 is 56.8 Å². The van der Waals surface area contributed by atoms with Crippen LogP contribution in [-0.2, 0) is 0 Å². The van der Waals surface area contributed by atoms with E-state index in [-0.39, 0.29) is 18.8 Å². The Morgan fingerprint density at radius 3 is 1.73 bits per heavy atom. The van der Waals surface area contributed by atoms with Gasteiger partial charge in [-0.2, -0.15) is 0 Å². The molecule has 0 bridgehead atoms. The highest BCUT2D eigenvalue weighted by atomic mass is 127. The average Bonchev–Trinajstić information content (AvgIpc) is 3.47. The van der Waals surface area contributed by atoms with Gasteiger partial charge in [-0.25, -0.2) is 19.9 Å². The molecule has 0 aliphatic carbocycles. The molecule has 0 fully saturated rings. The number of nitro benzene ring substituents is 2. The van der Waals surface area contributed by atoms with Crippen LogP contribution in [0, 0.1) is 27.4 Å². The summed E-state index contributed by atoms with van der Waals surface area (Å²) in [5.41, 5.74) is 8.47. The third kappa shape index (κ3) is 5.91. The number of non-ortho nitro benzene ring substituents is 2. The van der Waals surface area contributed by atoms with Gasteiger partial charge in [0.25, 0.3) is 11.4 Å². The van der Waals surface area contributed by atoms with E-state index >= 15 is 0 Å². The number of halogens is 3. The molecule has 0 aliphatic rings. The van der Waals surface area contributed by atoms with E-state index < -0.39 is 9.85 Å². The van der Waals surface area contributed by atoms with Crippen molar-refractivity contribution in [1.29, 1.82) is 0 Å². The van der Waals surface area contributed by atoms with Crippen molar-refractivity contribution in [3.8, 4) is 11.4 Å². The highest BCUT2D eigenvalue weighted by Gasteiger charge is 2.16. The van der Waals surface area contributed by atoms with Gasteiger partial charge in [0.15, 0.2) is 11.3 Å². The van der Waals surface area contributed by atoms with Crippen LogP contribution in [-0.4, -0.2) is 38.9 Å². The number of benzene rings is 2. The first-order chi connectivity index (χ1) is 19.2. The van der Waals surface area contributed by atoms with Gasteiger partial charge in [0.1, 0.15) is 23.6 Å². The van der Waals surface area contributed by atoms with Gasteiger partial charge < -0.3 is 5.73 Å². The molecule has 0 saturated carbocycles. The fourth-order valence-electron chi connectivity index (χ4n) is 3.93. The van der Waals surface area contributed by atoms with Crippen molar-refractivity contribution in [3.63, 3.8) is 0 Å². The second-order valence-corrected chi connectivity index (χ2v) is 10.8. The summed E-state index contributed by atoms with van der Waals surface area (Å²) in [6.07, 6.45) is 6.40. The number of hydrogen-bond acceptors (Lipinski definition) is 9. The molecule has 2 aromatic carbocycles. The largest absolute Gasteiger partial charge is 0.383 e. The summed E-state index contributed by atoms with van der Waals surface area (Å²) in [4.78, 5) is 37.2. The van der Waals surface area contributed by atoms with Crippen LogP contribution in [0.3, 0.4) is 0 Å². The van der Waals surface area contributed by atoms with Gasteiger partial charge in [0.05, 0.1) is 32.0 Å². The van der Waals surface area contributed by atoms with Crippen LogP contribution in [0.1, 0.15) is 7.43 Å². The summed E-state index contributed by atoms with van der Waals surface area (Å²) in [6.45, 7) is 0. The molecule has 16 heteroatoms. The maximum atomic E-state index is 10.9. The molecule has 0 atom stereocenters. The van der Waals surface area contributed by atoms with Gasteiger partial charge in [0.2, 0.25) is 0 Å². The zero-order chi connectivity index (χ0) is 28.6. The summed E-state index contributed by atoms with van der Waals surface area (Å²) < 4.78 is 5.30. The zero-order valence-electron chi connectivity index (χ0n) is 19.9. The summed E-state index contributed by atoms with van der Waals surface area (Å²) in [5, 5.41) is 23.6. The first-order valence-electron chi connectivity index (χ1n) is 11.1. The topological polar surface area (TPSA) is 174 Å². The molecule has 0 spiro atoms. The summed E-state index contributed by atoms with van der Waals surface area (Å²) >= 11 is 10.3. The predicted molar refractivity (Wildman–Crippen MR) is 173 cm³/mol. The van der Waals surface area contributed by atoms with E-state index in [2.05, 4.69) is 65.1 Å². The Balaban J connectivity index is 0.000000184. The minimum absolute atomic E-state index is 0. The molecule has 0 saturated heterocycles. The Kier molecular flexibility index (Phi) is 8.98. The third-order valence-electron chi connectivity index (χ3n) is 5.69. The molecule has 0 aliphatic heterocycles. The maximum absolute atomic E-state index is 10.9. The van der Waals surface area contributed by atoms with Gasteiger partial charge in [-0.1, -0.05) is 31.2 Å². The number of hydrogen-bond donors (Lipinski definition) is 1. The number of rotatable bonds is 4.